The van der Waals surface area contributed by atoms with E-state index in [0.717, 1.165) is 87.9 Å². The van der Waals surface area contributed by atoms with Gasteiger partial charge in [-0.2, -0.15) is 5.26 Å². The summed E-state index contributed by atoms with van der Waals surface area (Å²) in [5, 5.41) is 14.0. The number of fused-ring (bicyclic) bond motifs is 2. The van der Waals surface area contributed by atoms with Crippen LogP contribution >= 0.6 is 0 Å². The molecule has 3 fully saturated rings. The molecule has 192 valence electrons. The summed E-state index contributed by atoms with van der Waals surface area (Å²) in [6.07, 6.45) is 1.78. The van der Waals surface area contributed by atoms with Crippen LogP contribution in [0.4, 0.5) is 11.5 Å². The molecule has 0 spiro atoms. The van der Waals surface area contributed by atoms with Crippen molar-refractivity contribution in [2.45, 2.75) is 32.5 Å². The lowest BCUT2D eigenvalue weighted by atomic mass is 10.0. The first kappa shape index (κ1) is 24.1. The van der Waals surface area contributed by atoms with Crippen LogP contribution in [0.3, 0.4) is 0 Å². The third-order valence-electron chi connectivity index (χ3n) is 8.32. The molecule has 1 aromatic carbocycles. The van der Waals surface area contributed by atoms with Crippen molar-refractivity contribution in [3.05, 3.63) is 59.4 Å². The van der Waals surface area contributed by atoms with E-state index in [1.54, 1.807) is 6.20 Å². The van der Waals surface area contributed by atoms with Gasteiger partial charge in [0.1, 0.15) is 11.9 Å². The lowest BCUT2D eigenvalue weighted by molar-refractivity contribution is 0.0316. The first-order valence-corrected chi connectivity index (χ1v) is 13.5. The van der Waals surface area contributed by atoms with Crippen molar-refractivity contribution in [1.29, 1.82) is 5.26 Å². The molecule has 3 aliphatic heterocycles. The van der Waals surface area contributed by atoms with Gasteiger partial charge in [0, 0.05) is 100 Å². The number of rotatable bonds is 4. The smallest absolute Gasteiger partial charge is 0.128 e. The molecular formula is C29H36N8. The van der Waals surface area contributed by atoms with Crippen molar-refractivity contribution in [1.82, 2.24) is 25.1 Å². The number of nitrogens with zero attached hydrogens (tertiary/aromatic N) is 7. The van der Waals surface area contributed by atoms with E-state index in [1.165, 1.54) is 11.3 Å². The molecule has 1 N–H and O–H groups in total. The standard InChI is InChI=1S/C29H36N8/c1-21-17-36(27-7-5-23(16-30)29-26(27)4-3-9-32-29)20-25-19-34(14-15-37(21)25)18-24-6-8-28(33-22(24)2)35-12-10-31-11-13-35/h3-9,21,25,31H,10-15,17-20H2,1-2H3/t21-,25+/m1/s1. The van der Waals surface area contributed by atoms with Crippen LogP contribution < -0.4 is 15.1 Å². The van der Waals surface area contributed by atoms with Gasteiger partial charge in [0.05, 0.1) is 11.1 Å². The summed E-state index contributed by atoms with van der Waals surface area (Å²) in [6.45, 7) is 14.8. The fourth-order valence-corrected chi connectivity index (χ4v) is 6.35. The number of nitrogens with one attached hydrogen (secondary N) is 1. The van der Waals surface area contributed by atoms with Crippen LogP contribution in [0.5, 0.6) is 0 Å². The third kappa shape index (κ3) is 4.75. The number of hydrogen-bond acceptors (Lipinski definition) is 8. The monoisotopic (exact) mass is 496 g/mol. The first-order valence-electron chi connectivity index (χ1n) is 13.5. The van der Waals surface area contributed by atoms with Crippen LogP contribution in [0.1, 0.15) is 23.7 Å². The average Bonchev–Trinajstić information content (AvgIpc) is 2.94. The van der Waals surface area contributed by atoms with E-state index in [-0.39, 0.29) is 0 Å². The molecular weight excluding hydrogens is 460 g/mol. The Morgan fingerprint density at radius 3 is 2.68 bits per heavy atom. The summed E-state index contributed by atoms with van der Waals surface area (Å²) in [4.78, 5) is 19.7. The molecule has 0 saturated carbocycles. The molecule has 0 radical (unpaired) electrons. The molecule has 0 bridgehead atoms. The van der Waals surface area contributed by atoms with Crippen molar-refractivity contribution in [3.8, 4) is 6.07 Å². The number of aromatic nitrogens is 2. The first-order chi connectivity index (χ1) is 18.1. The van der Waals surface area contributed by atoms with E-state index in [4.69, 9.17) is 4.98 Å². The van der Waals surface area contributed by atoms with Gasteiger partial charge in [-0.3, -0.25) is 14.8 Å². The number of benzene rings is 1. The molecule has 0 unspecified atom stereocenters. The van der Waals surface area contributed by atoms with Crippen molar-refractivity contribution in [2.75, 3.05) is 68.7 Å². The van der Waals surface area contributed by atoms with Gasteiger partial charge in [-0.25, -0.2) is 4.98 Å². The largest absolute Gasteiger partial charge is 0.368 e. The molecule has 6 rings (SSSR count). The highest BCUT2D eigenvalue weighted by Crippen LogP contribution is 2.32. The Morgan fingerprint density at radius 2 is 1.86 bits per heavy atom. The van der Waals surface area contributed by atoms with Crippen LogP contribution in [-0.4, -0.2) is 90.8 Å². The van der Waals surface area contributed by atoms with Crippen molar-refractivity contribution in [2.24, 2.45) is 0 Å². The van der Waals surface area contributed by atoms with Crippen LogP contribution in [-0.2, 0) is 6.54 Å². The van der Waals surface area contributed by atoms with E-state index in [9.17, 15) is 5.26 Å². The summed E-state index contributed by atoms with van der Waals surface area (Å²) in [6, 6.07) is 15.8. The summed E-state index contributed by atoms with van der Waals surface area (Å²) in [5.41, 5.74) is 5.11. The summed E-state index contributed by atoms with van der Waals surface area (Å²) < 4.78 is 0. The van der Waals surface area contributed by atoms with Gasteiger partial charge < -0.3 is 15.1 Å². The van der Waals surface area contributed by atoms with Crippen LogP contribution in [0.2, 0.25) is 0 Å². The van der Waals surface area contributed by atoms with Gasteiger partial charge in [-0.15, -0.1) is 0 Å². The number of hydrogen-bond donors (Lipinski definition) is 1. The molecule has 2 atom stereocenters. The van der Waals surface area contributed by atoms with Crippen molar-refractivity contribution >= 4 is 22.4 Å². The van der Waals surface area contributed by atoms with E-state index in [0.29, 0.717) is 17.6 Å². The maximum atomic E-state index is 9.56. The third-order valence-corrected chi connectivity index (χ3v) is 8.32. The van der Waals surface area contributed by atoms with E-state index in [1.807, 2.05) is 12.1 Å². The predicted octanol–water partition coefficient (Wildman–Crippen LogP) is 2.61. The zero-order chi connectivity index (χ0) is 25.4. The Balaban J connectivity index is 1.18. The van der Waals surface area contributed by atoms with Gasteiger partial charge >= 0.3 is 0 Å². The molecule has 3 aliphatic rings. The Morgan fingerprint density at radius 1 is 1.00 bits per heavy atom. The van der Waals surface area contributed by atoms with Gasteiger partial charge in [-0.05, 0) is 49.7 Å². The van der Waals surface area contributed by atoms with Gasteiger partial charge in [-0.1, -0.05) is 6.07 Å². The second kappa shape index (κ2) is 10.3. The number of pyridine rings is 2. The summed E-state index contributed by atoms with van der Waals surface area (Å²) in [7, 11) is 0. The van der Waals surface area contributed by atoms with Gasteiger partial charge in [0.2, 0.25) is 0 Å². The minimum Gasteiger partial charge on any atom is -0.368 e. The number of nitriles is 1. The number of aryl methyl sites for hydroxylation is 1. The van der Waals surface area contributed by atoms with Crippen molar-refractivity contribution in [3.63, 3.8) is 0 Å². The Hall–Kier alpha value is -3.25. The molecule has 5 heterocycles. The Bertz CT molecular complexity index is 1310. The minimum absolute atomic E-state index is 0.466. The molecule has 2 aromatic heterocycles. The van der Waals surface area contributed by atoms with Crippen LogP contribution in [0.15, 0.2) is 42.6 Å². The van der Waals surface area contributed by atoms with Gasteiger partial charge in [0.15, 0.2) is 0 Å². The highest BCUT2D eigenvalue weighted by molar-refractivity contribution is 5.95. The van der Waals surface area contributed by atoms with E-state index < -0.39 is 0 Å². The van der Waals surface area contributed by atoms with Crippen LogP contribution in [0, 0.1) is 18.3 Å². The van der Waals surface area contributed by atoms with Crippen LogP contribution in [0.25, 0.3) is 10.9 Å². The lowest BCUT2D eigenvalue weighted by Crippen LogP contribution is -2.65. The van der Waals surface area contributed by atoms with E-state index >= 15 is 0 Å². The topological polar surface area (TPSA) is 74.6 Å². The molecule has 3 aromatic rings. The normalized spacial score (nSPS) is 23.2. The van der Waals surface area contributed by atoms with Gasteiger partial charge in [0.25, 0.3) is 0 Å². The fraction of sp³-hybridized carbons (Fsp3) is 0.483. The highest BCUT2D eigenvalue weighted by Gasteiger charge is 2.36. The zero-order valence-corrected chi connectivity index (χ0v) is 21.9. The fourth-order valence-electron chi connectivity index (χ4n) is 6.35. The number of piperazine rings is 3. The Labute approximate surface area is 219 Å². The van der Waals surface area contributed by atoms with E-state index in [2.05, 4.69) is 74.1 Å². The average molecular weight is 497 g/mol. The lowest BCUT2D eigenvalue weighted by Gasteiger charge is -2.51. The summed E-state index contributed by atoms with van der Waals surface area (Å²) in [5.74, 6) is 1.11. The molecule has 37 heavy (non-hydrogen) atoms. The Kier molecular flexibility index (Phi) is 6.68. The molecule has 8 nitrogen and oxygen atoms in total. The number of anilines is 2. The molecule has 0 aliphatic carbocycles. The SMILES string of the molecule is Cc1nc(N2CCNCC2)ccc1CN1CCN2[C@@H](C1)CN(c1ccc(C#N)c3ncccc13)C[C@H]2C. The zero-order valence-electron chi connectivity index (χ0n) is 21.9. The maximum Gasteiger partial charge on any atom is 0.128 e. The maximum absolute atomic E-state index is 9.56. The predicted molar refractivity (Wildman–Crippen MR) is 148 cm³/mol. The highest BCUT2D eigenvalue weighted by atomic mass is 15.4. The quantitative estimate of drug-likeness (QED) is 0.591. The molecule has 0 amide bonds. The molecule has 3 saturated heterocycles. The second-order valence-corrected chi connectivity index (χ2v) is 10.7. The molecule has 8 heteroatoms. The van der Waals surface area contributed by atoms with Crippen molar-refractivity contribution < 1.29 is 0 Å². The second-order valence-electron chi connectivity index (χ2n) is 10.7. The summed E-state index contributed by atoms with van der Waals surface area (Å²) >= 11 is 0. The minimum atomic E-state index is 0.466.